The maximum Gasteiger partial charge on any atom is 0.329 e. The Labute approximate surface area is 204 Å². The van der Waals surface area contributed by atoms with E-state index in [2.05, 4.69) is 15.6 Å². The van der Waals surface area contributed by atoms with Crippen molar-refractivity contribution in [1.82, 2.24) is 20.1 Å². The van der Waals surface area contributed by atoms with Crippen LogP contribution in [0.15, 0.2) is 60.8 Å². The van der Waals surface area contributed by atoms with Crippen molar-refractivity contribution in [3.05, 3.63) is 66.4 Å². The average molecular weight is 478 g/mol. The maximum absolute atomic E-state index is 13.1. The Morgan fingerprint density at radius 1 is 0.943 bits per heavy atom. The number of ether oxygens (including phenoxy) is 1. The van der Waals surface area contributed by atoms with Crippen molar-refractivity contribution in [2.75, 3.05) is 38.1 Å². The first-order valence-corrected chi connectivity index (χ1v) is 11.9. The van der Waals surface area contributed by atoms with Crippen molar-refractivity contribution >= 4 is 34.6 Å². The summed E-state index contributed by atoms with van der Waals surface area (Å²) in [6, 6.07) is 15.7. The number of nitrogens with one attached hydrogen (secondary N) is 3. The number of benzene rings is 2. The number of para-hydroxylation sites is 2. The van der Waals surface area contributed by atoms with Gasteiger partial charge in [-0.3, -0.25) is 0 Å². The van der Waals surface area contributed by atoms with Gasteiger partial charge in [0, 0.05) is 54.9 Å². The van der Waals surface area contributed by atoms with Crippen LogP contribution in [0.3, 0.4) is 0 Å². The molecule has 4 rings (SSSR count). The molecule has 2 heterocycles. The van der Waals surface area contributed by atoms with Gasteiger partial charge < -0.3 is 30.2 Å². The van der Waals surface area contributed by atoms with Gasteiger partial charge in [0.1, 0.15) is 6.04 Å². The lowest BCUT2D eigenvalue weighted by atomic mass is 9.93. The molecule has 1 fully saturated rings. The van der Waals surface area contributed by atoms with Gasteiger partial charge in [-0.1, -0.05) is 43.3 Å². The Morgan fingerprint density at radius 3 is 2.26 bits per heavy atom. The van der Waals surface area contributed by atoms with E-state index in [1.165, 1.54) is 0 Å². The topological polar surface area (TPSA) is 107 Å². The number of hydrogen-bond acceptors (Lipinski definition) is 4. The zero-order valence-electron chi connectivity index (χ0n) is 20.0. The number of esters is 1. The van der Waals surface area contributed by atoms with Crippen LogP contribution in [-0.4, -0.2) is 71.6 Å². The third kappa shape index (κ3) is 5.56. The lowest BCUT2D eigenvalue weighted by molar-refractivity contribution is -0.145. The number of carbonyl (C=O) groups excluding carboxylic acids is 3. The van der Waals surface area contributed by atoms with Gasteiger partial charge >= 0.3 is 18.0 Å². The highest BCUT2D eigenvalue weighted by atomic mass is 16.5. The molecule has 1 aliphatic heterocycles. The number of amides is 4. The predicted octanol–water partition coefficient (Wildman–Crippen LogP) is 3.76. The van der Waals surface area contributed by atoms with Gasteiger partial charge in [-0.2, -0.15) is 0 Å². The Hall–Kier alpha value is -4.01. The first-order valence-electron chi connectivity index (χ1n) is 11.9. The molecule has 0 radical (unpaired) electrons. The standard InChI is InChI=1S/C26H31N5O4/c1-3-35-24(32)23(18(2)21-17-27-22-12-8-7-11-20(21)22)29-26(34)31-15-13-30(14-16-31)25(33)28-19-9-5-4-6-10-19/h4-12,17-18,23,27H,3,13-16H2,1-2H3,(H,28,33)(H,29,34)/t18-,23+/m0/s1. The van der Waals surface area contributed by atoms with Gasteiger partial charge in [-0.15, -0.1) is 0 Å². The van der Waals surface area contributed by atoms with Crippen molar-refractivity contribution in [3.8, 4) is 0 Å². The summed E-state index contributed by atoms with van der Waals surface area (Å²) in [7, 11) is 0. The number of carbonyl (C=O) groups is 3. The van der Waals surface area contributed by atoms with Gasteiger partial charge in [-0.05, 0) is 30.7 Å². The molecule has 0 saturated carbocycles. The van der Waals surface area contributed by atoms with Crippen molar-refractivity contribution < 1.29 is 19.1 Å². The molecule has 3 aromatic rings. The molecule has 0 aliphatic carbocycles. The lowest BCUT2D eigenvalue weighted by Crippen LogP contribution is -2.57. The predicted molar refractivity (Wildman–Crippen MR) is 134 cm³/mol. The summed E-state index contributed by atoms with van der Waals surface area (Å²) in [6.07, 6.45) is 1.87. The number of aromatic nitrogens is 1. The van der Waals surface area contributed by atoms with E-state index in [0.717, 1.165) is 22.2 Å². The molecule has 0 spiro atoms. The minimum atomic E-state index is -0.846. The minimum absolute atomic E-state index is 0.200. The molecule has 9 heteroatoms. The monoisotopic (exact) mass is 477 g/mol. The van der Waals surface area contributed by atoms with Crippen LogP contribution in [0.4, 0.5) is 15.3 Å². The second-order valence-electron chi connectivity index (χ2n) is 8.53. The molecule has 35 heavy (non-hydrogen) atoms. The molecule has 3 N–H and O–H groups in total. The highest BCUT2D eigenvalue weighted by Gasteiger charge is 2.33. The first kappa shape index (κ1) is 24.1. The van der Waals surface area contributed by atoms with E-state index in [1.54, 1.807) is 16.7 Å². The summed E-state index contributed by atoms with van der Waals surface area (Å²) in [5.41, 5.74) is 2.62. The molecule has 2 atom stereocenters. The lowest BCUT2D eigenvalue weighted by Gasteiger charge is -2.35. The van der Waals surface area contributed by atoms with Crippen LogP contribution in [0.25, 0.3) is 10.9 Å². The Morgan fingerprint density at radius 2 is 1.57 bits per heavy atom. The highest BCUT2D eigenvalue weighted by Crippen LogP contribution is 2.28. The van der Waals surface area contributed by atoms with Crippen LogP contribution in [0.1, 0.15) is 25.3 Å². The molecule has 1 aromatic heterocycles. The molecule has 184 valence electrons. The van der Waals surface area contributed by atoms with E-state index in [4.69, 9.17) is 4.74 Å². The van der Waals surface area contributed by atoms with Crippen molar-refractivity contribution in [2.24, 2.45) is 0 Å². The van der Waals surface area contributed by atoms with Gasteiger partial charge in [0.05, 0.1) is 6.61 Å². The Balaban J connectivity index is 1.39. The molecular formula is C26H31N5O4. The van der Waals surface area contributed by atoms with E-state index in [1.807, 2.05) is 67.7 Å². The van der Waals surface area contributed by atoms with E-state index in [0.29, 0.717) is 26.2 Å². The fourth-order valence-electron chi connectivity index (χ4n) is 4.33. The third-order valence-corrected chi connectivity index (χ3v) is 6.31. The van der Waals surface area contributed by atoms with Crippen LogP contribution in [-0.2, 0) is 9.53 Å². The summed E-state index contributed by atoms with van der Waals surface area (Å²) in [5.74, 6) is -0.786. The number of rotatable bonds is 6. The van der Waals surface area contributed by atoms with Gasteiger partial charge in [0.25, 0.3) is 0 Å². The van der Waals surface area contributed by atoms with Crippen LogP contribution in [0, 0.1) is 0 Å². The van der Waals surface area contributed by atoms with Crippen LogP contribution in [0.5, 0.6) is 0 Å². The molecule has 0 unspecified atom stereocenters. The molecular weight excluding hydrogens is 446 g/mol. The second-order valence-corrected chi connectivity index (χ2v) is 8.53. The molecule has 9 nitrogen and oxygen atoms in total. The molecule has 2 aromatic carbocycles. The number of H-pyrrole nitrogens is 1. The second kappa shape index (κ2) is 10.9. The SMILES string of the molecule is CCOC(=O)[C@H](NC(=O)N1CCN(C(=O)Nc2ccccc2)CC1)[C@@H](C)c1c[nH]c2ccccc12. The third-order valence-electron chi connectivity index (χ3n) is 6.31. The van der Waals surface area contributed by atoms with Crippen molar-refractivity contribution in [1.29, 1.82) is 0 Å². The normalized spacial score (nSPS) is 15.4. The number of fused-ring (bicyclic) bond motifs is 1. The van der Waals surface area contributed by atoms with Gasteiger partial charge in [-0.25, -0.2) is 14.4 Å². The Kier molecular flexibility index (Phi) is 7.54. The number of anilines is 1. The van der Waals surface area contributed by atoms with E-state index in [9.17, 15) is 14.4 Å². The maximum atomic E-state index is 13.1. The summed E-state index contributed by atoms with van der Waals surface area (Å²) < 4.78 is 5.29. The van der Waals surface area contributed by atoms with E-state index >= 15 is 0 Å². The number of nitrogens with zero attached hydrogens (tertiary/aromatic N) is 2. The van der Waals surface area contributed by atoms with Gasteiger partial charge in [0.15, 0.2) is 0 Å². The molecule has 1 aliphatic rings. The number of urea groups is 2. The average Bonchev–Trinajstić information content (AvgIpc) is 3.32. The molecule has 0 bridgehead atoms. The van der Waals surface area contributed by atoms with Crippen molar-refractivity contribution in [3.63, 3.8) is 0 Å². The number of aromatic amines is 1. The quantitative estimate of drug-likeness (QED) is 0.470. The Bertz CT molecular complexity index is 1170. The number of hydrogen-bond donors (Lipinski definition) is 3. The van der Waals surface area contributed by atoms with Crippen molar-refractivity contribution in [2.45, 2.75) is 25.8 Å². The smallest absolute Gasteiger partial charge is 0.329 e. The van der Waals surface area contributed by atoms with Crippen LogP contribution in [0.2, 0.25) is 0 Å². The number of piperazine rings is 1. The largest absolute Gasteiger partial charge is 0.464 e. The summed E-state index contributed by atoms with van der Waals surface area (Å²) >= 11 is 0. The zero-order chi connectivity index (χ0) is 24.8. The van der Waals surface area contributed by atoms with E-state index < -0.39 is 12.0 Å². The van der Waals surface area contributed by atoms with Crippen LogP contribution < -0.4 is 10.6 Å². The summed E-state index contributed by atoms with van der Waals surface area (Å²) in [4.78, 5) is 45.0. The first-order chi connectivity index (χ1) is 17.0. The summed E-state index contributed by atoms with van der Waals surface area (Å²) in [6.45, 7) is 5.40. The summed E-state index contributed by atoms with van der Waals surface area (Å²) in [5, 5.41) is 6.75. The fraction of sp³-hybridized carbons (Fsp3) is 0.346. The van der Waals surface area contributed by atoms with Gasteiger partial charge in [0.2, 0.25) is 0 Å². The van der Waals surface area contributed by atoms with E-state index in [-0.39, 0.29) is 24.6 Å². The minimum Gasteiger partial charge on any atom is -0.464 e. The zero-order valence-corrected chi connectivity index (χ0v) is 20.0. The fourth-order valence-corrected chi connectivity index (χ4v) is 4.33. The van der Waals surface area contributed by atoms with Crippen LogP contribution >= 0.6 is 0 Å². The highest BCUT2D eigenvalue weighted by molar-refractivity contribution is 5.90. The molecule has 4 amide bonds. The molecule has 1 saturated heterocycles.